The molecule has 1 saturated heterocycles. The molecule has 1 N–H and O–H groups in total. The Balaban J connectivity index is 1.71. The quantitative estimate of drug-likeness (QED) is 0.539. The molecular weight excluding hydrogens is 400 g/mol. The molecule has 164 valence electrons. The molecule has 1 aromatic heterocycles. The largest absolute Gasteiger partial charge is 0.495 e. The van der Waals surface area contributed by atoms with Gasteiger partial charge < -0.3 is 19.4 Å². The summed E-state index contributed by atoms with van der Waals surface area (Å²) >= 11 is 0. The Morgan fingerprint density at radius 2 is 1.87 bits per heavy atom. The number of rotatable bonds is 7. The third-order valence-corrected chi connectivity index (χ3v) is 5.53. The fraction of sp³-hybridized carbons (Fsp3) is 0.391. The van der Waals surface area contributed by atoms with Crippen LogP contribution in [0.2, 0.25) is 0 Å². The summed E-state index contributed by atoms with van der Waals surface area (Å²) in [6.07, 6.45) is -1.06. The molecule has 8 nitrogen and oxygen atoms in total. The van der Waals surface area contributed by atoms with Gasteiger partial charge in [-0.3, -0.25) is 19.2 Å². The summed E-state index contributed by atoms with van der Waals surface area (Å²) in [6.45, 7) is 6.47. The lowest BCUT2D eigenvalue weighted by Gasteiger charge is -2.19. The molecule has 0 radical (unpaired) electrons. The number of para-hydroxylation sites is 2. The standard InChI is InChI=1S/C23H26N2O6/c1-12-20(14(3)26)13(2)24-21(12)22(28)15(4)31-23(29)16-10-19(27)25(11-16)17-8-6-7-9-18(17)30-5/h6-9,15-16,24H,10-11H2,1-5H3. The smallest absolute Gasteiger partial charge is 0.312 e. The Hall–Kier alpha value is -3.42. The average Bonchev–Trinajstić information content (AvgIpc) is 3.26. The third-order valence-electron chi connectivity index (χ3n) is 5.53. The minimum atomic E-state index is -1.06. The van der Waals surface area contributed by atoms with Gasteiger partial charge in [-0.1, -0.05) is 12.1 Å². The lowest BCUT2D eigenvalue weighted by Crippen LogP contribution is -2.31. The fourth-order valence-electron chi connectivity index (χ4n) is 4.00. The number of hydrogen-bond acceptors (Lipinski definition) is 6. The van der Waals surface area contributed by atoms with Crippen molar-refractivity contribution in [3.63, 3.8) is 0 Å². The van der Waals surface area contributed by atoms with Crippen LogP contribution >= 0.6 is 0 Å². The van der Waals surface area contributed by atoms with Crippen LogP contribution in [0.15, 0.2) is 24.3 Å². The van der Waals surface area contributed by atoms with E-state index in [2.05, 4.69) is 4.98 Å². The molecule has 8 heteroatoms. The number of amides is 1. The van der Waals surface area contributed by atoms with E-state index in [1.807, 2.05) is 0 Å². The topological polar surface area (TPSA) is 106 Å². The van der Waals surface area contributed by atoms with E-state index in [1.54, 1.807) is 38.1 Å². The van der Waals surface area contributed by atoms with E-state index in [1.165, 1.54) is 25.9 Å². The van der Waals surface area contributed by atoms with Gasteiger partial charge in [-0.2, -0.15) is 0 Å². The van der Waals surface area contributed by atoms with E-state index in [9.17, 15) is 19.2 Å². The number of hydrogen-bond donors (Lipinski definition) is 1. The summed E-state index contributed by atoms with van der Waals surface area (Å²) in [5, 5.41) is 0. The van der Waals surface area contributed by atoms with Gasteiger partial charge in [0.05, 0.1) is 24.4 Å². The van der Waals surface area contributed by atoms with E-state index in [0.29, 0.717) is 28.3 Å². The number of Topliss-reactive ketones (excluding diaryl/α,β-unsaturated/α-hetero) is 2. The summed E-state index contributed by atoms with van der Waals surface area (Å²) in [5.74, 6) is -1.55. The van der Waals surface area contributed by atoms with Crippen LogP contribution in [-0.4, -0.2) is 48.2 Å². The molecule has 2 aromatic rings. The molecule has 1 aliphatic rings. The molecule has 1 aliphatic heterocycles. The first-order valence-corrected chi connectivity index (χ1v) is 10.0. The predicted molar refractivity (Wildman–Crippen MR) is 114 cm³/mol. The molecule has 1 amide bonds. The first kappa shape index (κ1) is 22.3. The predicted octanol–water partition coefficient (Wildman–Crippen LogP) is 3.01. The molecule has 2 atom stereocenters. The SMILES string of the molecule is COc1ccccc1N1CC(C(=O)OC(C)C(=O)c2[nH]c(C)c(C(C)=O)c2C)CC1=O. The van der Waals surface area contributed by atoms with Crippen LogP contribution in [-0.2, 0) is 14.3 Å². The normalized spacial score (nSPS) is 16.9. The molecule has 0 aliphatic carbocycles. The molecule has 2 heterocycles. The van der Waals surface area contributed by atoms with Gasteiger partial charge in [0.2, 0.25) is 11.7 Å². The number of ketones is 2. The van der Waals surface area contributed by atoms with Crippen LogP contribution in [0, 0.1) is 19.8 Å². The number of H-pyrrole nitrogens is 1. The van der Waals surface area contributed by atoms with E-state index in [4.69, 9.17) is 9.47 Å². The number of ether oxygens (including phenoxy) is 2. The van der Waals surface area contributed by atoms with Gasteiger partial charge in [-0.15, -0.1) is 0 Å². The van der Waals surface area contributed by atoms with Crippen molar-refractivity contribution in [2.75, 3.05) is 18.6 Å². The van der Waals surface area contributed by atoms with Crippen molar-refractivity contribution in [1.29, 1.82) is 0 Å². The zero-order valence-corrected chi connectivity index (χ0v) is 18.3. The van der Waals surface area contributed by atoms with Crippen molar-refractivity contribution in [2.45, 2.75) is 40.2 Å². The van der Waals surface area contributed by atoms with E-state index < -0.39 is 23.8 Å². The van der Waals surface area contributed by atoms with Gasteiger partial charge in [0.25, 0.3) is 0 Å². The number of aryl methyl sites for hydroxylation is 1. The lowest BCUT2D eigenvalue weighted by molar-refractivity contribution is -0.151. The van der Waals surface area contributed by atoms with Crippen LogP contribution in [0.5, 0.6) is 5.75 Å². The van der Waals surface area contributed by atoms with Crippen LogP contribution in [0.1, 0.15) is 52.4 Å². The molecular formula is C23H26N2O6. The number of carbonyl (C=O) groups is 4. The maximum Gasteiger partial charge on any atom is 0.312 e. The van der Waals surface area contributed by atoms with Gasteiger partial charge in [0, 0.05) is 24.2 Å². The monoisotopic (exact) mass is 426 g/mol. The molecule has 31 heavy (non-hydrogen) atoms. The van der Waals surface area contributed by atoms with Crippen molar-refractivity contribution in [3.05, 3.63) is 46.8 Å². The van der Waals surface area contributed by atoms with Gasteiger partial charge in [0.1, 0.15) is 5.75 Å². The number of benzene rings is 1. The van der Waals surface area contributed by atoms with Crippen molar-refractivity contribution >= 4 is 29.1 Å². The molecule has 2 unspecified atom stereocenters. The Bertz CT molecular complexity index is 1050. The molecule has 0 spiro atoms. The molecule has 1 fully saturated rings. The number of esters is 1. The maximum absolute atomic E-state index is 12.8. The third kappa shape index (κ3) is 4.23. The minimum absolute atomic E-state index is 0.00703. The van der Waals surface area contributed by atoms with Crippen LogP contribution < -0.4 is 9.64 Å². The van der Waals surface area contributed by atoms with E-state index in [0.717, 1.165) is 0 Å². The molecule has 3 rings (SSSR count). The zero-order valence-electron chi connectivity index (χ0n) is 18.3. The number of nitrogens with zero attached hydrogens (tertiary/aromatic N) is 1. The minimum Gasteiger partial charge on any atom is -0.495 e. The average molecular weight is 426 g/mol. The van der Waals surface area contributed by atoms with Crippen molar-refractivity contribution in [2.24, 2.45) is 5.92 Å². The summed E-state index contributed by atoms with van der Waals surface area (Å²) in [6, 6.07) is 7.07. The highest BCUT2D eigenvalue weighted by Gasteiger charge is 2.38. The highest BCUT2D eigenvalue weighted by Crippen LogP contribution is 2.33. The van der Waals surface area contributed by atoms with E-state index in [-0.39, 0.29) is 30.3 Å². The van der Waals surface area contributed by atoms with Gasteiger partial charge in [-0.05, 0) is 45.4 Å². The summed E-state index contributed by atoms with van der Waals surface area (Å²) in [5.41, 5.74) is 2.44. The summed E-state index contributed by atoms with van der Waals surface area (Å²) in [4.78, 5) is 54.2. The maximum atomic E-state index is 12.8. The lowest BCUT2D eigenvalue weighted by atomic mass is 10.0. The van der Waals surface area contributed by atoms with Gasteiger partial charge in [-0.25, -0.2) is 0 Å². The number of anilines is 1. The zero-order chi connectivity index (χ0) is 22.9. The van der Waals surface area contributed by atoms with Crippen LogP contribution in [0.4, 0.5) is 5.69 Å². The van der Waals surface area contributed by atoms with Crippen molar-refractivity contribution in [3.8, 4) is 5.75 Å². The second-order valence-electron chi connectivity index (χ2n) is 7.70. The first-order chi connectivity index (χ1) is 14.6. The number of nitrogens with one attached hydrogen (secondary N) is 1. The Labute approximate surface area is 180 Å². The van der Waals surface area contributed by atoms with Crippen LogP contribution in [0.25, 0.3) is 0 Å². The number of carbonyl (C=O) groups excluding carboxylic acids is 4. The second-order valence-corrected chi connectivity index (χ2v) is 7.70. The van der Waals surface area contributed by atoms with Crippen molar-refractivity contribution < 1.29 is 28.7 Å². The molecule has 0 saturated carbocycles. The summed E-state index contributed by atoms with van der Waals surface area (Å²) in [7, 11) is 1.51. The number of aromatic amines is 1. The van der Waals surface area contributed by atoms with E-state index >= 15 is 0 Å². The van der Waals surface area contributed by atoms with Crippen LogP contribution in [0.3, 0.4) is 0 Å². The molecule has 0 bridgehead atoms. The summed E-state index contributed by atoms with van der Waals surface area (Å²) < 4.78 is 10.7. The van der Waals surface area contributed by atoms with Gasteiger partial charge in [0.15, 0.2) is 11.9 Å². The Morgan fingerprint density at radius 1 is 1.19 bits per heavy atom. The Morgan fingerprint density at radius 3 is 2.48 bits per heavy atom. The first-order valence-electron chi connectivity index (χ1n) is 10.0. The highest BCUT2D eigenvalue weighted by molar-refractivity contribution is 6.05. The van der Waals surface area contributed by atoms with Crippen molar-refractivity contribution in [1.82, 2.24) is 4.98 Å². The fourth-order valence-corrected chi connectivity index (χ4v) is 4.00. The number of methoxy groups -OCH3 is 1. The second kappa shape index (κ2) is 8.75. The molecule has 1 aromatic carbocycles. The highest BCUT2D eigenvalue weighted by atomic mass is 16.5. The number of aromatic nitrogens is 1. The Kier molecular flexibility index (Phi) is 6.29. The van der Waals surface area contributed by atoms with Gasteiger partial charge >= 0.3 is 5.97 Å².